The zero-order valence-corrected chi connectivity index (χ0v) is 15.5. The van der Waals surface area contributed by atoms with Gasteiger partial charge in [-0.2, -0.15) is 13.2 Å². The molecule has 0 aliphatic heterocycles. The summed E-state index contributed by atoms with van der Waals surface area (Å²) in [6.07, 6.45) is -1.91. The third-order valence-electron chi connectivity index (χ3n) is 5.07. The lowest BCUT2D eigenvalue weighted by Gasteiger charge is -2.11. The Kier molecular flexibility index (Phi) is 4.49. The van der Waals surface area contributed by atoms with Crippen LogP contribution < -0.4 is 4.74 Å². The summed E-state index contributed by atoms with van der Waals surface area (Å²) in [5.41, 5.74) is 3.21. The van der Waals surface area contributed by atoms with Crippen molar-refractivity contribution in [3.8, 4) is 5.75 Å². The van der Waals surface area contributed by atoms with Crippen LogP contribution in [0, 0.1) is 6.92 Å². The van der Waals surface area contributed by atoms with Gasteiger partial charge in [0.05, 0.1) is 29.4 Å². The summed E-state index contributed by atoms with van der Waals surface area (Å²) < 4.78 is 45.9. The molecule has 0 amide bonds. The molecule has 28 heavy (non-hydrogen) atoms. The summed E-state index contributed by atoms with van der Waals surface area (Å²) in [6, 6.07) is 13.3. The van der Waals surface area contributed by atoms with Crippen LogP contribution in [0.4, 0.5) is 13.2 Å². The van der Waals surface area contributed by atoms with E-state index < -0.39 is 11.7 Å². The smallest absolute Gasteiger partial charge is 0.416 e. The highest BCUT2D eigenvalue weighted by Gasteiger charge is 2.29. The summed E-state index contributed by atoms with van der Waals surface area (Å²) in [4.78, 5) is 4.42. The third-order valence-corrected chi connectivity index (χ3v) is 5.07. The van der Waals surface area contributed by atoms with E-state index in [2.05, 4.69) is 9.55 Å². The molecule has 0 bridgehead atoms. The summed E-state index contributed by atoms with van der Waals surface area (Å²) >= 11 is 0. The van der Waals surface area contributed by atoms with Crippen LogP contribution in [0.5, 0.6) is 5.75 Å². The van der Waals surface area contributed by atoms with E-state index in [0.29, 0.717) is 13.0 Å². The van der Waals surface area contributed by atoms with Crippen molar-refractivity contribution in [1.29, 1.82) is 0 Å². The zero-order valence-electron chi connectivity index (χ0n) is 15.5. The number of ether oxygens (including phenoxy) is 1. The molecule has 0 atom stereocenters. The molecule has 0 saturated heterocycles. The molecule has 0 aliphatic carbocycles. The highest BCUT2D eigenvalue weighted by Crippen LogP contribution is 2.33. The van der Waals surface area contributed by atoms with E-state index in [0.717, 1.165) is 50.9 Å². The molecule has 6 heteroatoms. The Morgan fingerprint density at radius 2 is 1.75 bits per heavy atom. The number of aryl methyl sites for hydroxylation is 3. The summed E-state index contributed by atoms with van der Waals surface area (Å²) in [7, 11) is 1.63. The fourth-order valence-electron chi connectivity index (χ4n) is 3.66. The lowest BCUT2D eigenvalue weighted by molar-refractivity contribution is -0.137. The van der Waals surface area contributed by atoms with Crippen molar-refractivity contribution in [3.63, 3.8) is 0 Å². The molecule has 0 saturated carbocycles. The number of nitrogens with zero attached hydrogens (tertiary/aromatic N) is 2. The molecule has 0 fully saturated rings. The van der Waals surface area contributed by atoms with Gasteiger partial charge in [-0.1, -0.05) is 12.1 Å². The Morgan fingerprint density at radius 3 is 2.43 bits per heavy atom. The molecule has 144 valence electrons. The number of rotatable bonds is 4. The zero-order chi connectivity index (χ0) is 19.9. The molecule has 0 spiro atoms. The van der Waals surface area contributed by atoms with Crippen molar-refractivity contribution in [1.82, 2.24) is 9.55 Å². The van der Waals surface area contributed by atoms with Gasteiger partial charge >= 0.3 is 6.18 Å². The normalized spacial score (nSPS) is 12.0. The van der Waals surface area contributed by atoms with Crippen molar-refractivity contribution in [2.75, 3.05) is 7.11 Å². The molecule has 0 aliphatic rings. The maximum absolute atomic E-state index is 12.8. The number of fused-ring (bicyclic) bond motifs is 3. The topological polar surface area (TPSA) is 27.1 Å². The van der Waals surface area contributed by atoms with Gasteiger partial charge in [0.1, 0.15) is 5.75 Å². The molecular weight excluding hydrogens is 365 g/mol. The fourth-order valence-corrected chi connectivity index (χ4v) is 3.66. The van der Waals surface area contributed by atoms with Crippen LogP contribution in [0.15, 0.2) is 54.7 Å². The molecule has 4 rings (SSSR count). The van der Waals surface area contributed by atoms with E-state index >= 15 is 0 Å². The third kappa shape index (κ3) is 3.19. The molecule has 0 N–H and O–H groups in total. The minimum absolute atomic E-state index is 0.614. The standard InChI is InChI=1S/C22H19F3N2O/c1-14-21-19(9-11-26-14)18-8-7-17(28-2)13-20(18)27(21)12-10-15-3-5-16(6-4-15)22(23,24)25/h3-9,11,13H,10,12H2,1-2H3. The van der Waals surface area contributed by atoms with Crippen LogP contribution in [0.1, 0.15) is 16.8 Å². The lowest BCUT2D eigenvalue weighted by Crippen LogP contribution is -2.06. The molecule has 2 aromatic carbocycles. The first kappa shape index (κ1) is 18.3. The number of hydrogen-bond acceptors (Lipinski definition) is 2. The fraction of sp³-hybridized carbons (Fsp3) is 0.227. The lowest BCUT2D eigenvalue weighted by atomic mass is 10.1. The van der Waals surface area contributed by atoms with Crippen LogP contribution in [-0.2, 0) is 19.1 Å². The average Bonchev–Trinajstić information content (AvgIpc) is 3.00. The van der Waals surface area contributed by atoms with E-state index in [9.17, 15) is 13.2 Å². The predicted octanol–water partition coefficient (Wildman–Crippen LogP) is 5.77. The number of methoxy groups -OCH3 is 1. The van der Waals surface area contributed by atoms with Crippen molar-refractivity contribution in [2.24, 2.45) is 0 Å². The van der Waals surface area contributed by atoms with Gasteiger partial charge < -0.3 is 9.30 Å². The monoisotopic (exact) mass is 384 g/mol. The van der Waals surface area contributed by atoms with Crippen molar-refractivity contribution in [2.45, 2.75) is 26.1 Å². The van der Waals surface area contributed by atoms with Crippen molar-refractivity contribution < 1.29 is 17.9 Å². The van der Waals surface area contributed by atoms with Crippen LogP contribution in [0.2, 0.25) is 0 Å². The SMILES string of the molecule is COc1ccc2c3ccnc(C)c3n(CCc3ccc(C(F)(F)F)cc3)c2c1. The summed E-state index contributed by atoms with van der Waals surface area (Å²) in [5, 5.41) is 2.21. The van der Waals surface area contributed by atoms with E-state index in [-0.39, 0.29) is 0 Å². The first-order valence-corrected chi connectivity index (χ1v) is 8.96. The largest absolute Gasteiger partial charge is 0.497 e. The Bertz CT molecular complexity index is 1140. The first-order chi connectivity index (χ1) is 13.4. The van der Waals surface area contributed by atoms with Gasteiger partial charge in [0.15, 0.2) is 0 Å². The summed E-state index contributed by atoms with van der Waals surface area (Å²) in [5.74, 6) is 0.761. The highest BCUT2D eigenvalue weighted by molar-refractivity contribution is 6.09. The molecule has 2 heterocycles. The van der Waals surface area contributed by atoms with Gasteiger partial charge in [0.2, 0.25) is 0 Å². The van der Waals surface area contributed by atoms with Gasteiger partial charge in [0.25, 0.3) is 0 Å². The minimum Gasteiger partial charge on any atom is -0.497 e. The van der Waals surface area contributed by atoms with E-state index in [1.807, 2.05) is 31.2 Å². The van der Waals surface area contributed by atoms with Gasteiger partial charge in [-0.15, -0.1) is 0 Å². The maximum Gasteiger partial charge on any atom is 0.416 e. The minimum atomic E-state index is -4.31. The van der Waals surface area contributed by atoms with Gasteiger partial charge in [-0.05, 0) is 49.2 Å². The van der Waals surface area contributed by atoms with E-state index in [1.54, 1.807) is 25.4 Å². The molecule has 3 nitrogen and oxygen atoms in total. The number of halogens is 3. The quantitative estimate of drug-likeness (QED) is 0.447. The van der Waals surface area contributed by atoms with Crippen LogP contribution in [0.25, 0.3) is 21.8 Å². The number of aromatic nitrogens is 2. The van der Waals surface area contributed by atoms with Crippen LogP contribution in [-0.4, -0.2) is 16.7 Å². The number of benzene rings is 2. The van der Waals surface area contributed by atoms with Gasteiger partial charge in [-0.3, -0.25) is 4.98 Å². The maximum atomic E-state index is 12.8. The Morgan fingerprint density at radius 1 is 1.00 bits per heavy atom. The second-order valence-corrected chi connectivity index (χ2v) is 6.77. The Balaban J connectivity index is 1.74. The highest BCUT2D eigenvalue weighted by atomic mass is 19.4. The molecule has 4 aromatic rings. The second-order valence-electron chi connectivity index (χ2n) is 6.77. The predicted molar refractivity (Wildman–Crippen MR) is 104 cm³/mol. The van der Waals surface area contributed by atoms with Crippen molar-refractivity contribution >= 4 is 21.8 Å². The van der Waals surface area contributed by atoms with E-state index in [1.165, 1.54) is 0 Å². The number of pyridine rings is 1. The molecular formula is C22H19F3N2O. The molecule has 0 unspecified atom stereocenters. The summed E-state index contributed by atoms with van der Waals surface area (Å²) in [6.45, 7) is 2.60. The molecule has 0 radical (unpaired) electrons. The number of hydrogen-bond donors (Lipinski definition) is 0. The van der Waals surface area contributed by atoms with E-state index in [4.69, 9.17) is 4.74 Å². The van der Waals surface area contributed by atoms with Gasteiger partial charge in [-0.25, -0.2) is 0 Å². The van der Waals surface area contributed by atoms with Crippen LogP contribution >= 0.6 is 0 Å². The average molecular weight is 384 g/mol. The number of alkyl halides is 3. The Hall–Kier alpha value is -3.02. The molecule has 2 aromatic heterocycles. The Labute approximate surface area is 160 Å². The van der Waals surface area contributed by atoms with Crippen molar-refractivity contribution in [3.05, 3.63) is 71.5 Å². The second kappa shape index (κ2) is 6.86. The first-order valence-electron chi connectivity index (χ1n) is 8.96. The van der Waals surface area contributed by atoms with Gasteiger partial charge in [0, 0.05) is 29.6 Å². The van der Waals surface area contributed by atoms with Crippen LogP contribution in [0.3, 0.4) is 0 Å².